The van der Waals surface area contributed by atoms with Gasteiger partial charge in [-0.2, -0.15) is 0 Å². The summed E-state index contributed by atoms with van der Waals surface area (Å²) in [5.41, 5.74) is 2.88. The average Bonchev–Trinajstić information content (AvgIpc) is 2.88. The van der Waals surface area contributed by atoms with E-state index in [1.807, 2.05) is 35.9 Å². The fourth-order valence-corrected chi connectivity index (χ4v) is 2.52. The van der Waals surface area contributed by atoms with Crippen LogP contribution in [0.25, 0.3) is 5.65 Å². The van der Waals surface area contributed by atoms with E-state index >= 15 is 0 Å². The number of nitrogens with one attached hydrogen (secondary N) is 1. The number of hydrogen-bond acceptors (Lipinski definition) is 3. The summed E-state index contributed by atoms with van der Waals surface area (Å²) in [4.78, 5) is 18.8. The lowest BCUT2D eigenvalue weighted by molar-refractivity contribution is -0.120. The van der Waals surface area contributed by atoms with Crippen LogP contribution in [-0.4, -0.2) is 46.4 Å². The molecule has 120 valence electrons. The lowest BCUT2D eigenvalue weighted by Gasteiger charge is -2.17. The van der Waals surface area contributed by atoms with Gasteiger partial charge in [0.05, 0.1) is 12.1 Å². The highest BCUT2D eigenvalue weighted by molar-refractivity contribution is 5.78. The van der Waals surface area contributed by atoms with Crippen molar-refractivity contribution in [2.45, 2.75) is 33.6 Å². The molecule has 1 N–H and O–H groups in total. The Labute approximate surface area is 132 Å². The molecule has 5 heteroatoms. The molecule has 2 aromatic heterocycles. The maximum Gasteiger partial charge on any atom is 0.226 e. The van der Waals surface area contributed by atoms with Crippen LogP contribution < -0.4 is 5.32 Å². The first-order valence-electron chi connectivity index (χ1n) is 8.05. The maximum absolute atomic E-state index is 12.0. The van der Waals surface area contributed by atoms with Crippen molar-refractivity contribution >= 4 is 11.6 Å². The van der Waals surface area contributed by atoms with Gasteiger partial charge in [-0.15, -0.1) is 0 Å². The van der Waals surface area contributed by atoms with Crippen molar-refractivity contribution in [3.63, 3.8) is 0 Å². The van der Waals surface area contributed by atoms with Crippen LogP contribution in [0.3, 0.4) is 0 Å². The van der Waals surface area contributed by atoms with Gasteiger partial charge in [0.25, 0.3) is 0 Å². The van der Waals surface area contributed by atoms with Crippen LogP contribution >= 0.6 is 0 Å². The van der Waals surface area contributed by atoms with Gasteiger partial charge in [0.15, 0.2) is 0 Å². The molecule has 0 bridgehead atoms. The highest BCUT2D eigenvalue weighted by Gasteiger charge is 2.07. The smallest absolute Gasteiger partial charge is 0.226 e. The first-order chi connectivity index (χ1) is 10.6. The van der Waals surface area contributed by atoms with Crippen LogP contribution in [0.15, 0.2) is 24.5 Å². The summed E-state index contributed by atoms with van der Waals surface area (Å²) < 4.78 is 1.95. The minimum atomic E-state index is 0.0414. The van der Waals surface area contributed by atoms with Gasteiger partial charge in [0, 0.05) is 18.9 Å². The molecule has 0 saturated heterocycles. The molecule has 0 unspecified atom stereocenters. The van der Waals surface area contributed by atoms with Crippen molar-refractivity contribution in [2.75, 3.05) is 26.2 Å². The summed E-state index contributed by atoms with van der Waals surface area (Å²) in [5.74, 6) is 0.0414. The Morgan fingerprint density at radius 2 is 2.14 bits per heavy atom. The van der Waals surface area contributed by atoms with Crippen LogP contribution in [-0.2, 0) is 11.2 Å². The summed E-state index contributed by atoms with van der Waals surface area (Å²) in [7, 11) is 0. The van der Waals surface area contributed by atoms with Gasteiger partial charge in [0.1, 0.15) is 5.65 Å². The fraction of sp³-hybridized carbons (Fsp3) is 0.529. The summed E-state index contributed by atoms with van der Waals surface area (Å²) in [5, 5.41) is 2.98. The van der Waals surface area contributed by atoms with Crippen LogP contribution in [0, 0.1) is 6.92 Å². The largest absolute Gasteiger partial charge is 0.356 e. The van der Waals surface area contributed by atoms with E-state index in [2.05, 4.69) is 29.0 Å². The topological polar surface area (TPSA) is 49.6 Å². The minimum absolute atomic E-state index is 0.0414. The minimum Gasteiger partial charge on any atom is -0.356 e. The molecule has 2 rings (SSSR count). The normalized spacial score (nSPS) is 11.3. The van der Waals surface area contributed by atoms with Crippen LogP contribution in [0.5, 0.6) is 0 Å². The number of hydrogen-bond donors (Lipinski definition) is 1. The summed E-state index contributed by atoms with van der Waals surface area (Å²) in [6, 6.07) is 4.05. The van der Waals surface area contributed by atoms with Crippen molar-refractivity contribution in [3.8, 4) is 0 Å². The Bertz CT molecular complexity index is 616. The highest BCUT2D eigenvalue weighted by atomic mass is 16.1. The second-order valence-electron chi connectivity index (χ2n) is 5.61. The molecule has 0 spiro atoms. The molecule has 0 saturated carbocycles. The number of carbonyl (C=O) groups excluding carboxylic acids is 1. The Kier molecular flexibility index (Phi) is 5.95. The lowest BCUT2D eigenvalue weighted by atomic mass is 10.3. The Morgan fingerprint density at radius 3 is 2.86 bits per heavy atom. The molecule has 0 aliphatic carbocycles. The van der Waals surface area contributed by atoms with Gasteiger partial charge in [0.2, 0.25) is 5.91 Å². The molecular weight excluding hydrogens is 276 g/mol. The summed E-state index contributed by atoms with van der Waals surface area (Å²) in [6.45, 7) is 10.2. The number of carbonyl (C=O) groups is 1. The number of aryl methyl sites for hydroxylation is 1. The molecule has 22 heavy (non-hydrogen) atoms. The predicted octanol–water partition coefficient (Wildman–Crippen LogP) is 2.03. The number of imidazole rings is 1. The van der Waals surface area contributed by atoms with E-state index in [1.54, 1.807) is 0 Å². The number of amides is 1. The molecule has 1 amide bonds. The van der Waals surface area contributed by atoms with Gasteiger partial charge in [-0.3, -0.25) is 4.79 Å². The zero-order valence-electron chi connectivity index (χ0n) is 13.8. The maximum atomic E-state index is 12.0. The second kappa shape index (κ2) is 7.94. The van der Waals surface area contributed by atoms with E-state index in [4.69, 9.17) is 0 Å². The zero-order valence-corrected chi connectivity index (χ0v) is 13.8. The van der Waals surface area contributed by atoms with Gasteiger partial charge < -0.3 is 14.6 Å². The quantitative estimate of drug-likeness (QED) is 0.759. The molecule has 0 aliphatic heterocycles. The molecule has 0 fully saturated rings. The van der Waals surface area contributed by atoms with Gasteiger partial charge in [-0.05, 0) is 50.7 Å². The van der Waals surface area contributed by atoms with E-state index in [-0.39, 0.29) is 5.91 Å². The summed E-state index contributed by atoms with van der Waals surface area (Å²) in [6.07, 6.45) is 5.22. The van der Waals surface area contributed by atoms with E-state index in [0.29, 0.717) is 6.42 Å². The molecule has 2 heterocycles. The number of pyridine rings is 1. The molecule has 2 aromatic rings. The Morgan fingerprint density at radius 1 is 1.36 bits per heavy atom. The average molecular weight is 302 g/mol. The molecule has 0 aromatic carbocycles. The van der Waals surface area contributed by atoms with E-state index in [1.165, 1.54) is 5.56 Å². The number of aromatic nitrogens is 2. The predicted molar refractivity (Wildman–Crippen MR) is 89.0 cm³/mol. The third-order valence-electron chi connectivity index (χ3n) is 3.87. The number of nitrogens with zero attached hydrogens (tertiary/aromatic N) is 3. The first-order valence-corrected chi connectivity index (χ1v) is 8.05. The molecule has 0 atom stereocenters. The SMILES string of the molecule is CCN(CC)CCCNC(=O)Cc1cn2ccc(C)cc2n1. The van der Waals surface area contributed by atoms with Crippen LogP contribution in [0.1, 0.15) is 31.5 Å². The first kappa shape index (κ1) is 16.5. The van der Waals surface area contributed by atoms with Crippen molar-refractivity contribution in [1.82, 2.24) is 19.6 Å². The molecule has 0 radical (unpaired) electrons. The Balaban J connectivity index is 1.78. The van der Waals surface area contributed by atoms with E-state index in [0.717, 1.165) is 43.9 Å². The van der Waals surface area contributed by atoms with Crippen LogP contribution in [0.4, 0.5) is 0 Å². The second-order valence-corrected chi connectivity index (χ2v) is 5.61. The third-order valence-corrected chi connectivity index (χ3v) is 3.87. The Hall–Kier alpha value is -1.88. The van der Waals surface area contributed by atoms with Gasteiger partial charge >= 0.3 is 0 Å². The van der Waals surface area contributed by atoms with Gasteiger partial charge in [-0.1, -0.05) is 13.8 Å². The van der Waals surface area contributed by atoms with Crippen molar-refractivity contribution < 1.29 is 4.79 Å². The lowest BCUT2D eigenvalue weighted by Crippen LogP contribution is -2.30. The third kappa shape index (κ3) is 4.56. The highest BCUT2D eigenvalue weighted by Crippen LogP contribution is 2.08. The van der Waals surface area contributed by atoms with E-state index in [9.17, 15) is 4.79 Å². The molecule has 5 nitrogen and oxygen atoms in total. The number of rotatable bonds is 8. The van der Waals surface area contributed by atoms with Crippen molar-refractivity contribution in [3.05, 3.63) is 35.8 Å². The molecular formula is C17H26N4O. The van der Waals surface area contributed by atoms with E-state index < -0.39 is 0 Å². The fourth-order valence-electron chi connectivity index (χ4n) is 2.52. The van der Waals surface area contributed by atoms with Crippen molar-refractivity contribution in [2.24, 2.45) is 0 Å². The summed E-state index contributed by atoms with van der Waals surface area (Å²) >= 11 is 0. The van der Waals surface area contributed by atoms with Crippen LogP contribution in [0.2, 0.25) is 0 Å². The zero-order chi connectivity index (χ0) is 15.9. The monoisotopic (exact) mass is 302 g/mol. The standard InChI is InChI=1S/C17H26N4O/c1-4-20(5-2)9-6-8-18-17(22)12-15-13-21-10-7-14(3)11-16(21)19-15/h7,10-11,13H,4-6,8-9,12H2,1-3H3,(H,18,22). The number of fused-ring (bicyclic) bond motifs is 1. The molecule has 0 aliphatic rings. The van der Waals surface area contributed by atoms with Gasteiger partial charge in [-0.25, -0.2) is 4.98 Å². The van der Waals surface area contributed by atoms with Crippen molar-refractivity contribution in [1.29, 1.82) is 0 Å².